The Morgan fingerprint density at radius 3 is 2.24 bits per heavy atom. The summed E-state index contributed by atoms with van der Waals surface area (Å²) in [4.78, 5) is 12.4. The van der Waals surface area contributed by atoms with Gasteiger partial charge in [0.25, 0.3) is 0 Å². The number of hydrogen-bond donors (Lipinski definition) is 4. The molecule has 3 aromatic rings. The Morgan fingerprint density at radius 1 is 0.882 bits per heavy atom. The van der Waals surface area contributed by atoms with E-state index in [4.69, 9.17) is 4.42 Å². The maximum Gasteiger partial charge on any atom is 0.348 e. The van der Waals surface area contributed by atoms with Gasteiger partial charge in [0.15, 0.2) is 0 Å². The van der Waals surface area contributed by atoms with Crippen LogP contribution in [0.3, 0.4) is 0 Å². The zero-order chi connectivity index (χ0) is 24.8. The SMILES string of the molecule is CC(C)=CCC/C(C)=C/CC/C(=C/Cc1cc2oc(=O)c3c(O)ccc(O)c3c2cc1O)CO. The van der Waals surface area contributed by atoms with Gasteiger partial charge in [-0.25, -0.2) is 4.79 Å². The van der Waals surface area contributed by atoms with Crippen LogP contribution in [0.15, 0.2) is 68.4 Å². The molecule has 4 N–H and O–H groups in total. The van der Waals surface area contributed by atoms with Crippen LogP contribution in [-0.2, 0) is 6.42 Å². The lowest BCUT2D eigenvalue weighted by molar-refractivity contribution is 0.326. The first-order valence-electron chi connectivity index (χ1n) is 11.4. The first-order chi connectivity index (χ1) is 16.2. The minimum absolute atomic E-state index is 0.0334. The Balaban J connectivity index is 1.80. The fourth-order valence-corrected chi connectivity index (χ4v) is 3.96. The number of aliphatic hydroxyl groups is 1. The average molecular weight is 465 g/mol. The summed E-state index contributed by atoms with van der Waals surface area (Å²) in [6.07, 6.45) is 10.2. The summed E-state index contributed by atoms with van der Waals surface area (Å²) in [6, 6.07) is 5.47. The van der Waals surface area contributed by atoms with Crippen molar-refractivity contribution in [2.45, 2.75) is 52.9 Å². The van der Waals surface area contributed by atoms with Gasteiger partial charge in [-0.15, -0.1) is 0 Å². The fourth-order valence-electron chi connectivity index (χ4n) is 3.96. The molecule has 0 fully saturated rings. The van der Waals surface area contributed by atoms with E-state index in [1.54, 1.807) is 6.07 Å². The smallest absolute Gasteiger partial charge is 0.348 e. The Morgan fingerprint density at radius 2 is 1.56 bits per heavy atom. The molecule has 6 nitrogen and oxygen atoms in total. The van der Waals surface area contributed by atoms with Crippen molar-refractivity contribution in [1.29, 1.82) is 0 Å². The summed E-state index contributed by atoms with van der Waals surface area (Å²) in [5, 5.41) is 41.0. The van der Waals surface area contributed by atoms with Crippen molar-refractivity contribution < 1.29 is 24.8 Å². The highest BCUT2D eigenvalue weighted by Gasteiger charge is 2.16. The van der Waals surface area contributed by atoms with E-state index in [9.17, 15) is 25.2 Å². The minimum Gasteiger partial charge on any atom is -0.508 e. The molecule has 0 saturated carbocycles. The molecule has 0 atom stereocenters. The third kappa shape index (κ3) is 5.88. The van der Waals surface area contributed by atoms with Gasteiger partial charge in [0, 0.05) is 16.3 Å². The van der Waals surface area contributed by atoms with Crippen LogP contribution >= 0.6 is 0 Å². The van der Waals surface area contributed by atoms with Crippen molar-refractivity contribution in [3.63, 3.8) is 0 Å². The van der Waals surface area contributed by atoms with Crippen molar-refractivity contribution in [2.75, 3.05) is 6.61 Å². The maximum atomic E-state index is 12.4. The maximum absolute atomic E-state index is 12.4. The molecule has 0 unspecified atom stereocenters. The predicted octanol–water partition coefficient (Wildman–Crippen LogP) is 6.00. The molecule has 0 spiro atoms. The lowest BCUT2D eigenvalue weighted by atomic mass is 10.0. The molecule has 6 heteroatoms. The topological polar surface area (TPSA) is 111 Å². The van der Waals surface area contributed by atoms with E-state index >= 15 is 0 Å². The van der Waals surface area contributed by atoms with E-state index in [1.807, 2.05) is 6.08 Å². The van der Waals surface area contributed by atoms with Crippen LogP contribution in [0.4, 0.5) is 0 Å². The van der Waals surface area contributed by atoms with Crippen molar-refractivity contribution in [3.8, 4) is 17.2 Å². The van der Waals surface area contributed by atoms with Crippen LogP contribution in [0.25, 0.3) is 21.7 Å². The van der Waals surface area contributed by atoms with Crippen molar-refractivity contribution in [1.82, 2.24) is 0 Å². The Kier molecular flexibility index (Phi) is 8.18. The van der Waals surface area contributed by atoms with Gasteiger partial charge in [-0.05, 0) is 82.7 Å². The van der Waals surface area contributed by atoms with Gasteiger partial charge in [0.1, 0.15) is 28.2 Å². The van der Waals surface area contributed by atoms with Crippen LogP contribution in [0.1, 0.15) is 52.0 Å². The number of aliphatic hydroxyl groups excluding tert-OH is 1. The van der Waals surface area contributed by atoms with Gasteiger partial charge < -0.3 is 24.8 Å². The second-order valence-electron chi connectivity index (χ2n) is 8.85. The van der Waals surface area contributed by atoms with Gasteiger partial charge in [0.05, 0.1) is 6.61 Å². The second kappa shape index (κ2) is 11.1. The number of allylic oxidation sites excluding steroid dienone is 5. The number of phenolic OH excluding ortho intramolecular Hbond substituents is 3. The first-order valence-corrected chi connectivity index (χ1v) is 11.4. The standard InChI is InChI=1S/C28H32O6/c1-17(2)6-4-7-18(3)8-5-9-19(16-29)10-11-20-14-25-21(15-24(20)32)26-22(30)12-13-23(31)27(26)28(33)34-25/h6,8,10,12-15,29-32H,4-5,7,9,11,16H2,1-3H3/b18-8+,19-10-. The predicted molar refractivity (Wildman–Crippen MR) is 136 cm³/mol. The number of benzene rings is 2. The van der Waals surface area contributed by atoms with Gasteiger partial charge in [0.2, 0.25) is 0 Å². The minimum atomic E-state index is -0.772. The molecular weight excluding hydrogens is 432 g/mol. The van der Waals surface area contributed by atoms with E-state index in [0.29, 0.717) is 23.8 Å². The second-order valence-corrected chi connectivity index (χ2v) is 8.85. The highest BCUT2D eigenvalue weighted by Crippen LogP contribution is 2.37. The molecule has 0 radical (unpaired) electrons. The van der Waals surface area contributed by atoms with Gasteiger partial charge in [-0.2, -0.15) is 0 Å². The van der Waals surface area contributed by atoms with E-state index in [0.717, 1.165) is 24.8 Å². The summed E-state index contributed by atoms with van der Waals surface area (Å²) >= 11 is 0. The lowest BCUT2D eigenvalue weighted by Gasteiger charge is -2.10. The molecular formula is C28H32O6. The Labute approximate surface area is 198 Å². The number of aromatic hydroxyl groups is 3. The molecule has 0 bridgehead atoms. The van der Waals surface area contributed by atoms with E-state index in [2.05, 4.69) is 32.9 Å². The summed E-state index contributed by atoms with van der Waals surface area (Å²) < 4.78 is 5.36. The van der Waals surface area contributed by atoms with Crippen LogP contribution in [0.5, 0.6) is 17.2 Å². The molecule has 3 rings (SSSR count). The van der Waals surface area contributed by atoms with Gasteiger partial charge >= 0.3 is 5.63 Å². The number of rotatable bonds is 9. The highest BCUT2D eigenvalue weighted by molar-refractivity contribution is 6.10. The molecule has 0 aliphatic rings. The number of fused-ring (bicyclic) bond motifs is 3. The number of hydrogen-bond acceptors (Lipinski definition) is 6. The molecule has 0 aliphatic carbocycles. The summed E-state index contributed by atoms with van der Waals surface area (Å²) in [7, 11) is 0. The van der Waals surface area contributed by atoms with Gasteiger partial charge in [-0.1, -0.05) is 29.4 Å². The molecule has 0 saturated heterocycles. The van der Waals surface area contributed by atoms with Crippen LogP contribution < -0.4 is 5.63 Å². The molecule has 2 aromatic carbocycles. The molecule has 0 aliphatic heterocycles. The summed E-state index contributed by atoms with van der Waals surface area (Å²) in [6.45, 7) is 6.22. The molecule has 34 heavy (non-hydrogen) atoms. The fraction of sp³-hybridized carbons (Fsp3) is 0.321. The molecule has 0 amide bonds. The lowest BCUT2D eigenvalue weighted by Crippen LogP contribution is -2.01. The zero-order valence-electron chi connectivity index (χ0n) is 19.9. The van der Waals surface area contributed by atoms with Crippen LogP contribution in [0.2, 0.25) is 0 Å². The van der Waals surface area contributed by atoms with Gasteiger partial charge in [-0.3, -0.25) is 0 Å². The quantitative estimate of drug-likeness (QED) is 0.134. The highest BCUT2D eigenvalue weighted by atomic mass is 16.4. The normalized spacial score (nSPS) is 12.5. The Bertz CT molecular complexity index is 1340. The zero-order valence-corrected chi connectivity index (χ0v) is 19.9. The van der Waals surface area contributed by atoms with Crippen molar-refractivity contribution in [2.24, 2.45) is 0 Å². The van der Waals surface area contributed by atoms with E-state index < -0.39 is 5.63 Å². The summed E-state index contributed by atoms with van der Waals surface area (Å²) in [5.74, 6) is -0.526. The first kappa shape index (κ1) is 25.1. The van der Waals surface area contributed by atoms with E-state index in [-0.39, 0.29) is 40.2 Å². The molecule has 180 valence electrons. The van der Waals surface area contributed by atoms with Crippen molar-refractivity contribution in [3.05, 3.63) is 75.2 Å². The third-order valence-corrected chi connectivity index (χ3v) is 5.88. The summed E-state index contributed by atoms with van der Waals surface area (Å²) in [5.41, 5.74) is 3.44. The van der Waals surface area contributed by atoms with Crippen LogP contribution in [-0.4, -0.2) is 27.0 Å². The monoisotopic (exact) mass is 464 g/mol. The van der Waals surface area contributed by atoms with Crippen LogP contribution in [0, 0.1) is 0 Å². The van der Waals surface area contributed by atoms with Crippen molar-refractivity contribution >= 4 is 21.7 Å². The number of phenols is 3. The third-order valence-electron chi connectivity index (χ3n) is 5.88. The average Bonchev–Trinajstić information content (AvgIpc) is 2.78. The Hall–Kier alpha value is -3.51. The van der Waals surface area contributed by atoms with E-state index in [1.165, 1.54) is 29.3 Å². The largest absolute Gasteiger partial charge is 0.508 e. The molecule has 1 aromatic heterocycles. The molecule has 1 heterocycles.